The van der Waals surface area contributed by atoms with Crippen LogP contribution in [0, 0.1) is 4.77 Å². The topological polar surface area (TPSA) is 62.9 Å². The number of para-hydroxylation sites is 2. The number of nitrogens with zero attached hydrogens (tertiary/aromatic N) is 4. The van der Waals surface area contributed by atoms with E-state index in [9.17, 15) is 0 Å². The molecule has 28 heavy (non-hydrogen) atoms. The van der Waals surface area contributed by atoms with Crippen LogP contribution in [0.15, 0.2) is 24.3 Å². The predicted molar refractivity (Wildman–Crippen MR) is 103 cm³/mol. The molecule has 1 spiro atoms. The van der Waals surface area contributed by atoms with Crippen LogP contribution in [0.5, 0.6) is 11.5 Å². The molecule has 0 radical (unpaired) electrons. The zero-order valence-electron chi connectivity index (χ0n) is 15.9. The number of likely N-dealkylation sites (tertiary alicyclic amines) is 1. The van der Waals surface area contributed by atoms with Crippen LogP contribution >= 0.6 is 12.2 Å². The van der Waals surface area contributed by atoms with E-state index in [-0.39, 0.29) is 11.9 Å². The fraction of sp³-hybridized carbons (Fsp3) is 0.579. The first kappa shape index (κ1) is 18.1. The average Bonchev–Trinajstić information content (AvgIpc) is 3.29. The summed E-state index contributed by atoms with van der Waals surface area (Å²) >= 11 is 5.62. The second-order valence-electron chi connectivity index (χ2n) is 7.43. The summed E-state index contributed by atoms with van der Waals surface area (Å²) in [7, 11) is 1.93. The van der Waals surface area contributed by atoms with Crippen LogP contribution in [0.4, 0.5) is 0 Å². The number of rotatable bonds is 3. The van der Waals surface area contributed by atoms with Gasteiger partial charge in [-0.2, -0.15) is 5.10 Å². The molecular weight excluding hydrogens is 380 g/mol. The Kier molecular flexibility index (Phi) is 4.62. The molecule has 0 saturated carbocycles. The zero-order valence-corrected chi connectivity index (χ0v) is 16.7. The van der Waals surface area contributed by atoms with Crippen LogP contribution in [-0.4, -0.2) is 57.9 Å². The Bertz CT molecular complexity index is 911. The van der Waals surface area contributed by atoms with E-state index >= 15 is 0 Å². The van der Waals surface area contributed by atoms with Crippen molar-refractivity contribution < 1.29 is 18.9 Å². The summed E-state index contributed by atoms with van der Waals surface area (Å²) in [5.74, 6) is 1.90. The second kappa shape index (κ2) is 7.14. The number of benzene rings is 1. The van der Waals surface area contributed by atoms with E-state index in [1.165, 1.54) is 0 Å². The van der Waals surface area contributed by atoms with E-state index in [1.54, 1.807) is 0 Å². The molecule has 2 saturated heterocycles. The van der Waals surface area contributed by atoms with Crippen LogP contribution in [0.25, 0.3) is 0 Å². The Morgan fingerprint density at radius 2 is 1.86 bits per heavy atom. The molecule has 9 heteroatoms. The zero-order chi connectivity index (χ0) is 19.1. The number of aromatic nitrogens is 3. The highest BCUT2D eigenvalue weighted by Gasteiger charge is 2.40. The van der Waals surface area contributed by atoms with Crippen molar-refractivity contribution in [1.82, 2.24) is 19.2 Å². The summed E-state index contributed by atoms with van der Waals surface area (Å²) < 4.78 is 28.0. The molecule has 0 aliphatic carbocycles. The van der Waals surface area contributed by atoms with Gasteiger partial charge in [-0.05, 0) is 24.4 Å². The van der Waals surface area contributed by atoms with Gasteiger partial charge < -0.3 is 23.5 Å². The van der Waals surface area contributed by atoms with Crippen molar-refractivity contribution in [2.75, 3.05) is 32.9 Å². The van der Waals surface area contributed by atoms with Crippen LogP contribution < -0.4 is 9.47 Å². The minimum atomic E-state index is -0.367. The van der Waals surface area contributed by atoms with Gasteiger partial charge in [0.2, 0.25) is 0 Å². The van der Waals surface area contributed by atoms with E-state index in [1.807, 2.05) is 40.6 Å². The number of piperidine rings is 1. The molecule has 0 amide bonds. The van der Waals surface area contributed by atoms with Crippen molar-refractivity contribution in [3.63, 3.8) is 0 Å². The lowest BCUT2D eigenvalue weighted by Gasteiger charge is -2.37. The summed E-state index contributed by atoms with van der Waals surface area (Å²) in [6.45, 7) is 4.24. The SMILES string of the molecule is Cn1c(C2COc3ccccc3O2)nn(CN2CCC3(CC2)OCCO3)c1=S. The van der Waals surface area contributed by atoms with Crippen molar-refractivity contribution in [2.24, 2.45) is 7.05 Å². The van der Waals surface area contributed by atoms with Crippen molar-refractivity contribution >= 4 is 12.2 Å². The molecule has 2 fully saturated rings. The van der Waals surface area contributed by atoms with E-state index in [0.29, 0.717) is 31.3 Å². The van der Waals surface area contributed by atoms with Gasteiger partial charge in [0.15, 0.2) is 34.0 Å². The molecule has 1 aromatic carbocycles. The van der Waals surface area contributed by atoms with Gasteiger partial charge >= 0.3 is 0 Å². The lowest BCUT2D eigenvalue weighted by atomic mass is 10.0. The molecule has 150 valence electrons. The van der Waals surface area contributed by atoms with Gasteiger partial charge in [0.1, 0.15) is 6.61 Å². The number of ether oxygens (including phenoxy) is 4. The summed E-state index contributed by atoms with van der Waals surface area (Å²) in [6.07, 6.45) is 1.46. The smallest absolute Gasteiger partial charge is 0.198 e. The minimum absolute atomic E-state index is 0.284. The predicted octanol–water partition coefficient (Wildman–Crippen LogP) is 2.26. The summed E-state index contributed by atoms with van der Waals surface area (Å²) in [4.78, 5) is 2.33. The lowest BCUT2D eigenvalue weighted by Crippen LogP contribution is -2.45. The first-order valence-electron chi connectivity index (χ1n) is 9.66. The molecular formula is C19H24N4O4S. The largest absolute Gasteiger partial charge is 0.485 e. The molecule has 3 aliphatic heterocycles. The van der Waals surface area contributed by atoms with Gasteiger partial charge in [0.05, 0.1) is 19.9 Å². The van der Waals surface area contributed by atoms with Crippen LogP contribution in [0.1, 0.15) is 24.8 Å². The highest BCUT2D eigenvalue weighted by Crippen LogP contribution is 2.35. The number of hydrogen-bond acceptors (Lipinski definition) is 7. The first-order valence-corrected chi connectivity index (χ1v) is 10.1. The number of fused-ring (bicyclic) bond motifs is 1. The standard InChI is InChI=1S/C19H24N4O4S/c1-21-17(16-12-24-14-4-2-3-5-15(14)27-16)20-23(18(21)28)13-22-8-6-19(7-9-22)25-10-11-26-19/h2-5,16H,6-13H2,1H3. The van der Waals surface area contributed by atoms with Crippen molar-refractivity contribution in [1.29, 1.82) is 0 Å². The number of hydrogen-bond donors (Lipinski definition) is 0. The third-order valence-electron chi connectivity index (χ3n) is 5.64. The Labute approximate surface area is 168 Å². The third kappa shape index (κ3) is 3.22. The van der Waals surface area contributed by atoms with Gasteiger partial charge in [-0.3, -0.25) is 4.90 Å². The molecule has 1 unspecified atom stereocenters. The molecule has 3 aliphatic rings. The van der Waals surface area contributed by atoms with Crippen molar-refractivity contribution in [2.45, 2.75) is 31.4 Å². The van der Waals surface area contributed by atoms with E-state index in [0.717, 1.165) is 43.3 Å². The second-order valence-corrected chi connectivity index (χ2v) is 7.80. The fourth-order valence-electron chi connectivity index (χ4n) is 4.03. The normalized spacial score (nSPS) is 24.0. The maximum atomic E-state index is 6.11. The Hall–Kier alpha value is -1.94. The molecule has 1 aromatic heterocycles. The van der Waals surface area contributed by atoms with E-state index in [2.05, 4.69) is 4.90 Å². The monoisotopic (exact) mass is 404 g/mol. The Morgan fingerprint density at radius 3 is 2.61 bits per heavy atom. The summed E-state index contributed by atoms with van der Waals surface area (Å²) in [6, 6.07) is 7.68. The summed E-state index contributed by atoms with van der Waals surface area (Å²) in [5, 5.41) is 4.76. The quantitative estimate of drug-likeness (QED) is 0.727. The van der Waals surface area contributed by atoms with Gasteiger partial charge in [0.25, 0.3) is 0 Å². The molecule has 5 rings (SSSR count). The molecule has 0 bridgehead atoms. The van der Waals surface area contributed by atoms with Crippen molar-refractivity contribution in [3.8, 4) is 11.5 Å². The lowest BCUT2D eigenvalue weighted by molar-refractivity contribution is -0.187. The van der Waals surface area contributed by atoms with Crippen molar-refractivity contribution in [3.05, 3.63) is 34.9 Å². The van der Waals surface area contributed by atoms with Gasteiger partial charge in [0, 0.05) is 33.0 Å². The van der Waals surface area contributed by atoms with Gasteiger partial charge in [-0.15, -0.1) is 0 Å². The molecule has 4 heterocycles. The summed E-state index contributed by atoms with van der Waals surface area (Å²) in [5.41, 5.74) is 0. The maximum Gasteiger partial charge on any atom is 0.198 e. The molecule has 1 atom stereocenters. The highest BCUT2D eigenvalue weighted by molar-refractivity contribution is 7.71. The van der Waals surface area contributed by atoms with Crippen LogP contribution in [-0.2, 0) is 23.2 Å². The highest BCUT2D eigenvalue weighted by atomic mass is 32.1. The first-order chi connectivity index (χ1) is 13.6. The fourth-order valence-corrected chi connectivity index (χ4v) is 4.23. The molecule has 2 aromatic rings. The molecule has 8 nitrogen and oxygen atoms in total. The van der Waals surface area contributed by atoms with Gasteiger partial charge in [-0.1, -0.05) is 12.1 Å². The minimum Gasteiger partial charge on any atom is -0.485 e. The van der Waals surface area contributed by atoms with E-state index in [4.69, 9.17) is 36.3 Å². The van der Waals surface area contributed by atoms with Crippen LogP contribution in [0.2, 0.25) is 0 Å². The third-order valence-corrected chi connectivity index (χ3v) is 6.12. The van der Waals surface area contributed by atoms with Gasteiger partial charge in [-0.25, -0.2) is 4.68 Å². The van der Waals surface area contributed by atoms with Crippen LogP contribution in [0.3, 0.4) is 0 Å². The van der Waals surface area contributed by atoms with E-state index < -0.39 is 0 Å². The Balaban J connectivity index is 1.29. The average molecular weight is 404 g/mol. The molecule has 0 N–H and O–H groups in total. The Morgan fingerprint density at radius 1 is 1.14 bits per heavy atom. The maximum absolute atomic E-state index is 6.11.